The van der Waals surface area contributed by atoms with Crippen molar-refractivity contribution in [1.29, 1.82) is 0 Å². The second kappa shape index (κ2) is 9.47. The predicted molar refractivity (Wildman–Crippen MR) is 125 cm³/mol. The molecule has 0 aromatic heterocycles. The quantitative estimate of drug-likeness (QED) is 0.612. The number of amides is 3. The molecule has 4 atom stereocenters. The van der Waals surface area contributed by atoms with Crippen LogP contribution in [-0.4, -0.2) is 70.8 Å². The lowest BCUT2D eigenvalue weighted by Crippen LogP contribution is -2.60. The summed E-state index contributed by atoms with van der Waals surface area (Å²) in [6.45, 7) is 7.28. The van der Waals surface area contributed by atoms with Crippen LogP contribution in [0.3, 0.4) is 0 Å². The van der Waals surface area contributed by atoms with E-state index in [4.69, 9.17) is 16.6 Å². The third kappa shape index (κ3) is 4.92. The first-order chi connectivity index (χ1) is 15.1. The van der Waals surface area contributed by atoms with Crippen LogP contribution in [-0.2, 0) is 4.79 Å². The maximum absolute atomic E-state index is 14.6. The van der Waals surface area contributed by atoms with Crippen molar-refractivity contribution >= 4 is 29.4 Å². The third-order valence-electron chi connectivity index (χ3n) is 7.65. The SMILES string of the molecule is CC(C)(C)C1=NC(C2CCC(Cl)CC2)C(C2CCCC(F)C2)N1C(=O)N1CCNC(=O)C1. The van der Waals surface area contributed by atoms with E-state index in [0.717, 1.165) is 44.4 Å². The molecule has 2 aliphatic carbocycles. The first-order valence-corrected chi connectivity index (χ1v) is 12.8. The number of carbonyl (C=O) groups excluding carboxylic acids is 2. The van der Waals surface area contributed by atoms with Crippen molar-refractivity contribution in [2.24, 2.45) is 22.2 Å². The number of amidine groups is 1. The van der Waals surface area contributed by atoms with Crippen molar-refractivity contribution in [3.63, 3.8) is 0 Å². The summed E-state index contributed by atoms with van der Waals surface area (Å²) in [6.07, 6.45) is 5.98. The van der Waals surface area contributed by atoms with E-state index in [2.05, 4.69) is 26.1 Å². The Labute approximate surface area is 196 Å². The Bertz CT molecular complexity index is 747. The maximum atomic E-state index is 14.6. The molecule has 6 nitrogen and oxygen atoms in total. The van der Waals surface area contributed by atoms with Crippen LogP contribution in [0.2, 0.25) is 0 Å². The van der Waals surface area contributed by atoms with E-state index in [9.17, 15) is 14.0 Å². The molecule has 2 heterocycles. The van der Waals surface area contributed by atoms with Gasteiger partial charge in [0.05, 0.1) is 12.1 Å². The van der Waals surface area contributed by atoms with Crippen molar-refractivity contribution in [1.82, 2.24) is 15.1 Å². The van der Waals surface area contributed by atoms with Crippen LogP contribution in [0, 0.1) is 17.3 Å². The van der Waals surface area contributed by atoms with Crippen LogP contribution in [0.15, 0.2) is 4.99 Å². The molecule has 1 N–H and O–H groups in total. The number of hydrogen-bond acceptors (Lipinski definition) is 3. The van der Waals surface area contributed by atoms with Crippen LogP contribution in [0.25, 0.3) is 0 Å². The standard InChI is InChI=1S/C24H38ClFN4O2/c1-24(2,3)22-28-20(15-7-9-17(25)10-8-15)21(16-5-4-6-18(26)13-16)30(22)23(32)29-12-11-27-19(31)14-29/h15-18,20-21H,4-14H2,1-3H3,(H,27,31). The second-order valence-corrected chi connectivity index (χ2v) is 11.8. The number of halogens is 2. The van der Waals surface area contributed by atoms with Gasteiger partial charge in [-0.2, -0.15) is 0 Å². The van der Waals surface area contributed by atoms with Crippen LogP contribution in [0.1, 0.15) is 72.1 Å². The Balaban J connectivity index is 1.69. The van der Waals surface area contributed by atoms with Gasteiger partial charge in [0.15, 0.2) is 0 Å². The van der Waals surface area contributed by atoms with Crippen LogP contribution in [0.4, 0.5) is 9.18 Å². The van der Waals surface area contributed by atoms with E-state index in [1.54, 1.807) is 4.90 Å². The van der Waals surface area contributed by atoms with E-state index in [1.165, 1.54) is 0 Å². The second-order valence-electron chi connectivity index (χ2n) is 11.1. The summed E-state index contributed by atoms with van der Waals surface area (Å²) in [5, 5.41) is 3.01. The number of carbonyl (C=O) groups is 2. The molecule has 0 bridgehead atoms. The monoisotopic (exact) mass is 468 g/mol. The Hall–Kier alpha value is -1.37. The zero-order valence-electron chi connectivity index (χ0n) is 19.7. The molecule has 0 spiro atoms. The summed E-state index contributed by atoms with van der Waals surface area (Å²) in [6, 6.07) is -0.309. The van der Waals surface area contributed by atoms with Crippen LogP contribution < -0.4 is 5.32 Å². The summed E-state index contributed by atoms with van der Waals surface area (Å²) in [4.78, 5) is 34.7. The molecule has 32 heavy (non-hydrogen) atoms. The number of aliphatic imine (C=N–C) groups is 1. The lowest BCUT2D eigenvalue weighted by atomic mass is 9.74. The van der Waals surface area contributed by atoms with Gasteiger partial charge in [0.1, 0.15) is 18.6 Å². The van der Waals surface area contributed by atoms with Crippen molar-refractivity contribution in [3.05, 3.63) is 0 Å². The third-order valence-corrected chi connectivity index (χ3v) is 8.09. The van der Waals surface area contributed by atoms with Gasteiger partial charge in [-0.3, -0.25) is 14.7 Å². The molecule has 0 aromatic rings. The van der Waals surface area contributed by atoms with Gasteiger partial charge in [0.2, 0.25) is 5.91 Å². The minimum absolute atomic E-state index is 0.0220. The number of nitrogens with one attached hydrogen (secondary N) is 1. The van der Waals surface area contributed by atoms with Gasteiger partial charge in [-0.25, -0.2) is 9.18 Å². The largest absolute Gasteiger partial charge is 0.353 e. The van der Waals surface area contributed by atoms with Gasteiger partial charge in [-0.15, -0.1) is 11.6 Å². The van der Waals surface area contributed by atoms with E-state index in [0.29, 0.717) is 31.8 Å². The molecule has 2 saturated carbocycles. The zero-order chi connectivity index (χ0) is 23.0. The van der Waals surface area contributed by atoms with Gasteiger partial charge in [-0.1, -0.05) is 27.2 Å². The van der Waals surface area contributed by atoms with Crippen LogP contribution in [0.5, 0.6) is 0 Å². The number of rotatable bonds is 2. The fourth-order valence-electron chi connectivity index (χ4n) is 6.07. The Morgan fingerprint density at radius 2 is 1.84 bits per heavy atom. The molecule has 3 amide bonds. The van der Waals surface area contributed by atoms with Crippen molar-refractivity contribution < 1.29 is 14.0 Å². The smallest absolute Gasteiger partial charge is 0.326 e. The summed E-state index contributed by atoms with van der Waals surface area (Å²) in [5.41, 5.74) is -0.325. The highest BCUT2D eigenvalue weighted by Crippen LogP contribution is 2.44. The van der Waals surface area contributed by atoms with Crippen molar-refractivity contribution in [2.45, 2.75) is 95.8 Å². The molecule has 2 aliphatic heterocycles. The van der Waals surface area contributed by atoms with Crippen LogP contribution >= 0.6 is 11.6 Å². The average Bonchev–Trinajstić information content (AvgIpc) is 3.15. The van der Waals surface area contributed by atoms with Gasteiger partial charge in [-0.05, 0) is 56.8 Å². The fraction of sp³-hybridized carbons (Fsp3) is 0.875. The Morgan fingerprint density at radius 1 is 1.12 bits per heavy atom. The molecule has 4 aliphatic rings. The van der Waals surface area contributed by atoms with Gasteiger partial charge >= 0.3 is 6.03 Å². The lowest BCUT2D eigenvalue weighted by molar-refractivity contribution is -0.123. The molecule has 180 valence electrons. The number of urea groups is 1. The van der Waals surface area contributed by atoms with Crippen molar-refractivity contribution in [3.8, 4) is 0 Å². The van der Waals surface area contributed by atoms with E-state index in [-0.39, 0.29) is 47.3 Å². The van der Waals surface area contributed by atoms with E-state index < -0.39 is 6.17 Å². The molecule has 4 unspecified atom stereocenters. The molecule has 3 fully saturated rings. The van der Waals surface area contributed by atoms with Gasteiger partial charge in [0.25, 0.3) is 0 Å². The highest BCUT2D eigenvalue weighted by molar-refractivity contribution is 6.20. The van der Waals surface area contributed by atoms with Gasteiger partial charge in [0, 0.05) is 23.9 Å². The van der Waals surface area contributed by atoms with E-state index >= 15 is 0 Å². The van der Waals surface area contributed by atoms with E-state index in [1.807, 2.05) is 4.90 Å². The molecule has 0 radical (unpaired) electrons. The fourth-order valence-corrected chi connectivity index (χ4v) is 6.32. The summed E-state index contributed by atoms with van der Waals surface area (Å²) < 4.78 is 14.6. The summed E-state index contributed by atoms with van der Waals surface area (Å²) >= 11 is 6.39. The molecule has 4 rings (SSSR count). The number of piperazine rings is 1. The zero-order valence-corrected chi connectivity index (χ0v) is 20.4. The Kier molecular flexibility index (Phi) is 7.04. The normalized spacial score (nSPS) is 36.7. The molecular formula is C24H38ClFN4O2. The lowest BCUT2D eigenvalue weighted by Gasteiger charge is -2.43. The first-order valence-electron chi connectivity index (χ1n) is 12.4. The summed E-state index contributed by atoms with van der Waals surface area (Å²) in [7, 11) is 0. The van der Waals surface area contributed by atoms with Crippen molar-refractivity contribution in [2.75, 3.05) is 19.6 Å². The Morgan fingerprint density at radius 3 is 2.47 bits per heavy atom. The molecular weight excluding hydrogens is 431 g/mol. The number of alkyl halides is 2. The minimum atomic E-state index is -0.815. The first kappa shape index (κ1) is 23.8. The minimum Gasteiger partial charge on any atom is -0.353 e. The maximum Gasteiger partial charge on any atom is 0.326 e. The molecule has 8 heteroatoms. The summed E-state index contributed by atoms with van der Waals surface area (Å²) in [5.74, 6) is 1.10. The topological polar surface area (TPSA) is 65.0 Å². The highest BCUT2D eigenvalue weighted by atomic mass is 35.5. The van der Waals surface area contributed by atoms with Gasteiger partial charge < -0.3 is 10.2 Å². The highest BCUT2D eigenvalue weighted by Gasteiger charge is 2.51. The number of hydrogen-bond donors (Lipinski definition) is 1. The average molecular weight is 469 g/mol. The molecule has 1 saturated heterocycles. The number of nitrogens with zero attached hydrogens (tertiary/aromatic N) is 3. The molecule has 0 aromatic carbocycles. The predicted octanol–water partition coefficient (Wildman–Crippen LogP) is 4.36.